The van der Waals surface area contributed by atoms with Crippen LogP contribution in [0.3, 0.4) is 0 Å². The SMILES string of the molecule is O=C(c1ccc(F)cc1Cl)N1CC(Nc2cccnn2)C1. The minimum atomic E-state index is -0.456. The molecular weight excluding hydrogens is 295 g/mol. The monoisotopic (exact) mass is 306 g/mol. The molecule has 0 spiro atoms. The molecule has 0 radical (unpaired) electrons. The summed E-state index contributed by atoms with van der Waals surface area (Å²) in [7, 11) is 0. The van der Waals surface area contributed by atoms with Gasteiger partial charge in [0.25, 0.3) is 5.91 Å². The second-order valence-corrected chi connectivity index (χ2v) is 5.19. The number of hydrogen-bond donors (Lipinski definition) is 1. The van der Waals surface area contributed by atoms with Crippen molar-refractivity contribution in [1.82, 2.24) is 15.1 Å². The number of carbonyl (C=O) groups is 1. The maximum atomic E-state index is 13.0. The number of anilines is 1. The van der Waals surface area contributed by atoms with E-state index in [-0.39, 0.29) is 17.0 Å². The molecule has 0 bridgehead atoms. The van der Waals surface area contributed by atoms with Gasteiger partial charge in [-0.25, -0.2) is 4.39 Å². The molecule has 1 fully saturated rings. The number of aromatic nitrogens is 2. The van der Waals surface area contributed by atoms with Gasteiger partial charge in [-0.05, 0) is 30.3 Å². The van der Waals surface area contributed by atoms with E-state index in [4.69, 9.17) is 11.6 Å². The van der Waals surface area contributed by atoms with Gasteiger partial charge in [0.1, 0.15) is 11.6 Å². The number of likely N-dealkylation sites (tertiary alicyclic amines) is 1. The molecule has 0 aliphatic carbocycles. The molecule has 0 atom stereocenters. The van der Waals surface area contributed by atoms with Crippen molar-refractivity contribution in [2.24, 2.45) is 0 Å². The standard InChI is InChI=1S/C14H12ClFN4O/c15-12-6-9(16)3-4-11(12)14(21)20-7-10(8-20)18-13-2-1-5-17-19-13/h1-6,10H,7-8H2,(H,18,19). The summed E-state index contributed by atoms with van der Waals surface area (Å²) >= 11 is 5.89. The van der Waals surface area contributed by atoms with Crippen molar-refractivity contribution in [3.63, 3.8) is 0 Å². The molecule has 1 N–H and O–H groups in total. The van der Waals surface area contributed by atoms with Crippen LogP contribution in [0.25, 0.3) is 0 Å². The highest BCUT2D eigenvalue weighted by atomic mass is 35.5. The molecule has 2 heterocycles. The Kier molecular flexibility index (Phi) is 3.70. The molecule has 1 aliphatic rings. The zero-order valence-electron chi connectivity index (χ0n) is 11.0. The first-order valence-corrected chi connectivity index (χ1v) is 6.80. The van der Waals surface area contributed by atoms with Gasteiger partial charge in [0.05, 0.1) is 16.6 Å². The summed E-state index contributed by atoms with van der Waals surface area (Å²) in [5.41, 5.74) is 0.316. The third-order valence-electron chi connectivity index (χ3n) is 3.25. The van der Waals surface area contributed by atoms with Crippen molar-refractivity contribution >= 4 is 23.3 Å². The van der Waals surface area contributed by atoms with Gasteiger partial charge in [-0.1, -0.05) is 11.6 Å². The number of hydrogen-bond acceptors (Lipinski definition) is 4. The maximum Gasteiger partial charge on any atom is 0.255 e. The van der Waals surface area contributed by atoms with Gasteiger partial charge in [0.15, 0.2) is 0 Å². The molecule has 1 aromatic carbocycles. The number of halogens is 2. The van der Waals surface area contributed by atoms with E-state index >= 15 is 0 Å². The quantitative estimate of drug-likeness (QED) is 0.944. The molecule has 5 nitrogen and oxygen atoms in total. The Morgan fingerprint density at radius 3 is 2.86 bits per heavy atom. The van der Waals surface area contributed by atoms with Gasteiger partial charge in [0, 0.05) is 19.3 Å². The summed E-state index contributed by atoms with van der Waals surface area (Å²) in [4.78, 5) is 13.9. The summed E-state index contributed by atoms with van der Waals surface area (Å²) in [6, 6.07) is 7.51. The second kappa shape index (κ2) is 5.65. The number of carbonyl (C=O) groups excluding carboxylic acids is 1. The van der Waals surface area contributed by atoms with E-state index in [0.717, 1.165) is 6.07 Å². The highest BCUT2D eigenvalue weighted by Crippen LogP contribution is 2.22. The summed E-state index contributed by atoms with van der Waals surface area (Å²) in [6.07, 6.45) is 1.60. The molecule has 21 heavy (non-hydrogen) atoms. The van der Waals surface area contributed by atoms with Crippen LogP contribution in [0.2, 0.25) is 5.02 Å². The van der Waals surface area contributed by atoms with Gasteiger partial charge in [-0.2, -0.15) is 5.10 Å². The maximum absolute atomic E-state index is 13.0. The fraction of sp³-hybridized carbons (Fsp3) is 0.214. The zero-order chi connectivity index (χ0) is 14.8. The fourth-order valence-corrected chi connectivity index (χ4v) is 2.40. The molecular formula is C14H12ClFN4O. The summed E-state index contributed by atoms with van der Waals surface area (Å²) < 4.78 is 13.0. The van der Waals surface area contributed by atoms with Crippen LogP contribution in [0.5, 0.6) is 0 Å². The summed E-state index contributed by atoms with van der Waals surface area (Å²) in [6.45, 7) is 1.09. The second-order valence-electron chi connectivity index (χ2n) is 4.78. The number of nitrogens with one attached hydrogen (secondary N) is 1. The van der Waals surface area contributed by atoms with Crippen molar-refractivity contribution in [2.75, 3.05) is 18.4 Å². The molecule has 0 saturated carbocycles. The number of amides is 1. The highest BCUT2D eigenvalue weighted by Gasteiger charge is 2.32. The number of nitrogens with zero attached hydrogens (tertiary/aromatic N) is 3. The Bertz CT molecular complexity index is 661. The zero-order valence-corrected chi connectivity index (χ0v) is 11.7. The van der Waals surface area contributed by atoms with Crippen LogP contribution < -0.4 is 5.32 Å². The topological polar surface area (TPSA) is 58.1 Å². The van der Waals surface area contributed by atoms with Crippen LogP contribution in [0, 0.1) is 5.82 Å². The van der Waals surface area contributed by atoms with Crippen molar-refractivity contribution < 1.29 is 9.18 Å². The lowest BCUT2D eigenvalue weighted by molar-refractivity contribution is 0.0625. The van der Waals surface area contributed by atoms with Crippen molar-refractivity contribution in [3.8, 4) is 0 Å². The Balaban J connectivity index is 1.59. The third-order valence-corrected chi connectivity index (χ3v) is 3.57. The van der Waals surface area contributed by atoms with E-state index in [0.29, 0.717) is 24.5 Å². The van der Waals surface area contributed by atoms with Gasteiger partial charge in [0.2, 0.25) is 0 Å². The average molecular weight is 307 g/mol. The van der Waals surface area contributed by atoms with Crippen molar-refractivity contribution in [3.05, 3.63) is 52.9 Å². The minimum Gasteiger partial charge on any atom is -0.362 e. The van der Waals surface area contributed by atoms with Crippen molar-refractivity contribution in [2.45, 2.75) is 6.04 Å². The van der Waals surface area contributed by atoms with Crippen LogP contribution in [-0.2, 0) is 0 Å². The van der Waals surface area contributed by atoms with E-state index in [1.165, 1.54) is 12.1 Å². The minimum absolute atomic E-state index is 0.130. The van der Waals surface area contributed by atoms with Crippen LogP contribution in [0.1, 0.15) is 10.4 Å². The van der Waals surface area contributed by atoms with E-state index in [9.17, 15) is 9.18 Å². The van der Waals surface area contributed by atoms with Crippen LogP contribution >= 0.6 is 11.6 Å². The summed E-state index contributed by atoms with van der Waals surface area (Å²) in [5, 5.41) is 11.0. The lowest BCUT2D eigenvalue weighted by Gasteiger charge is -2.39. The molecule has 1 amide bonds. The van der Waals surface area contributed by atoms with Crippen molar-refractivity contribution in [1.29, 1.82) is 0 Å². The molecule has 7 heteroatoms. The lowest BCUT2D eigenvalue weighted by atomic mass is 10.1. The first-order chi connectivity index (χ1) is 10.1. The molecule has 1 aromatic heterocycles. The van der Waals surface area contributed by atoms with Gasteiger partial charge in [-0.3, -0.25) is 4.79 Å². The van der Waals surface area contributed by atoms with E-state index in [2.05, 4.69) is 15.5 Å². The average Bonchev–Trinajstić information content (AvgIpc) is 2.43. The number of benzene rings is 1. The summed E-state index contributed by atoms with van der Waals surface area (Å²) in [5.74, 6) is 0.0222. The van der Waals surface area contributed by atoms with E-state index in [1.54, 1.807) is 17.2 Å². The van der Waals surface area contributed by atoms with Crippen LogP contribution in [-0.4, -0.2) is 40.1 Å². The Morgan fingerprint density at radius 2 is 2.19 bits per heavy atom. The number of rotatable bonds is 3. The first kappa shape index (κ1) is 13.8. The fourth-order valence-electron chi connectivity index (χ4n) is 2.16. The molecule has 2 aromatic rings. The molecule has 3 rings (SSSR count). The molecule has 1 aliphatic heterocycles. The Labute approximate surface area is 125 Å². The van der Waals surface area contributed by atoms with Gasteiger partial charge in [-0.15, -0.1) is 5.10 Å². The largest absolute Gasteiger partial charge is 0.362 e. The molecule has 0 unspecified atom stereocenters. The first-order valence-electron chi connectivity index (χ1n) is 6.42. The van der Waals surface area contributed by atoms with Gasteiger partial charge < -0.3 is 10.2 Å². The smallest absolute Gasteiger partial charge is 0.255 e. The van der Waals surface area contributed by atoms with Gasteiger partial charge >= 0.3 is 0 Å². The molecule has 1 saturated heterocycles. The third kappa shape index (κ3) is 2.95. The van der Waals surface area contributed by atoms with E-state index < -0.39 is 5.82 Å². The predicted molar refractivity (Wildman–Crippen MR) is 76.8 cm³/mol. The highest BCUT2D eigenvalue weighted by molar-refractivity contribution is 6.33. The Hall–Kier alpha value is -2.21. The Morgan fingerprint density at radius 1 is 1.38 bits per heavy atom. The van der Waals surface area contributed by atoms with Crippen LogP contribution in [0.15, 0.2) is 36.5 Å². The van der Waals surface area contributed by atoms with Crippen LogP contribution in [0.4, 0.5) is 10.2 Å². The van der Waals surface area contributed by atoms with E-state index in [1.807, 2.05) is 6.07 Å². The molecule has 108 valence electrons. The predicted octanol–water partition coefficient (Wildman–Crippen LogP) is 2.21. The lowest BCUT2D eigenvalue weighted by Crippen LogP contribution is -2.57. The normalized spacial score (nSPS) is 14.7.